The molecule has 0 fully saturated rings. The molecule has 3 aromatic rings. The van der Waals surface area contributed by atoms with E-state index >= 15 is 0 Å². The smallest absolute Gasteiger partial charge is 0.420 e. The second kappa shape index (κ2) is 6.95. The molecular formula is C17H15Cl3N4O2. The van der Waals surface area contributed by atoms with Gasteiger partial charge in [0.1, 0.15) is 21.6 Å². The maximum atomic E-state index is 13.0. The zero-order valence-corrected chi connectivity index (χ0v) is 16.5. The summed E-state index contributed by atoms with van der Waals surface area (Å²) in [5.74, 6) is 0.323. The number of hydrogen-bond acceptors (Lipinski definition) is 4. The van der Waals surface area contributed by atoms with Crippen LogP contribution in [0.5, 0.6) is 0 Å². The Morgan fingerprint density at radius 2 is 1.92 bits per heavy atom. The highest BCUT2D eigenvalue weighted by atomic mass is 35.5. The summed E-state index contributed by atoms with van der Waals surface area (Å²) >= 11 is 18.4. The Bertz CT molecular complexity index is 982. The Kier molecular flexibility index (Phi) is 5.01. The van der Waals surface area contributed by atoms with Gasteiger partial charge in [-0.3, -0.25) is 0 Å². The molecule has 0 aliphatic carbocycles. The number of carbonyl (C=O) groups is 1. The summed E-state index contributed by atoms with van der Waals surface area (Å²) in [6.45, 7) is 5.34. The summed E-state index contributed by atoms with van der Waals surface area (Å²) in [7, 11) is 0. The second-order valence-electron chi connectivity index (χ2n) is 6.46. The Hall–Kier alpha value is -2.02. The van der Waals surface area contributed by atoms with Crippen LogP contribution in [0.4, 0.5) is 16.3 Å². The minimum Gasteiger partial charge on any atom is -0.443 e. The van der Waals surface area contributed by atoms with Crippen LogP contribution in [0.2, 0.25) is 15.2 Å². The SMILES string of the molecule is CC(C)(C)OC(=O)N(c1cccc(Cl)c1)c1cc(Cl)nc2c(Cl)cnn12. The molecule has 26 heavy (non-hydrogen) atoms. The van der Waals surface area contributed by atoms with Gasteiger partial charge >= 0.3 is 6.09 Å². The van der Waals surface area contributed by atoms with Gasteiger partial charge in [-0.1, -0.05) is 40.9 Å². The van der Waals surface area contributed by atoms with Gasteiger partial charge in [0, 0.05) is 11.1 Å². The summed E-state index contributed by atoms with van der Waals surface area (Å²) in [6.07, 6.45) is 0.810. The van der Waals surface area contributed by atoms with E-state index in [2.05, 4.69) is 10.1 Å². The molecule has 0 aliphatic rings. The minimum atomic E-state index is -0.703. The molecule has 0 saturated carbocycles. The zero-order valence-electron chi connectivity index (χ0n) is 14.2. The van der Waals surface area contributed by atoms with Crippen LogP contribution in [-0.4, -0.2) is 26.3 Å². The van der Waals surface area contributed by atoms with E-state index in [0.717, 1.165) is 0 Å². The summed E-state index contributed by atoms with van der Waals surface area (Å²) in [4.78, 5) is 18.4. The number of fused-ring (bicyclic) bond motifs is 1. The summed E-state index contributed by atoms with van der Waals surface area (Å²) < 4.78 is 6.97. The van der Waals surface area contributed by atoms with Crippen LogP contribution in [0.25, 0.3) is 5.65 Å². The van der Waals surface area contributed by atoms with E-state index in [0.29, 0.717) is 27.2 Å². The molecule has 0 saturated heterocycles. The number of anilines is 2. The van der Waals surface area contributed by atoms with Crippen LogP contribution in [0.1, 0.15) is 20.8 Å². The first-order valence-electron chi connectivity index (χ1n) is 7.64. The second-order valence-corrected chi connectivity index (χ2v) is 7.69. The number of carbonyl (C=O) groups excluding carboxylic acids is 1. The summed E-state index contributed by atoms with van der Waals surface area (Å²) in [5.41, 5.74) is 0.109. The van der Waals surface area contributed by atoms with Crippen molar-refractivity contribution >= 4 is 58.0 Å². The fourth-order valence-corrected chi connectivity index (χ4v) is 2.83. The lowest BCUT2D eigenvalue weighted by Gasteiger charge is -2.27. The molecule has 0 aliphatic heterocycles. The number of halogens is 3. The first-order chi connectivity index (χ1) is 12.2. The first kappa shape index (κ1) is 18.8. The van der Waals surface area contributed by atoms with Crippen LogP contribution in [0, 0.1) is 0 Å². The summed E-state index contributed by atoms with van der Waals surface area (Å²) in [6, 6.07) is 8.30. The molecular weight excluding hydrogens is 399 g/mol. The van der Waals surface area contributed by atoms with Crippen molar-refractivity contribution < 1.29 is 9.53 Å². The number of amides is 1. The fraction of sp³-hybridized carbons (Fsp3) is 0.235. The molecule has 136 valence electrons. The predicted octanol–water partition coefficient (Wildman–Crippen LogP) is 5.76. The van der Waals surface area contributed by atoms with E-state index < -0.39 is 11.7 Å². The van der Waals surface area contributed by atoms with Crippen molar-refractivity contribution in [2.75, 3.05) is 4.90 Å². The van der Waals surface area contributed by atoms with E-state index in [1.54, 1.807) is 45.0 Å². The third-order valence-electron chi connectivity index (χ3n) is 3.25. The van der Waals surface area contributed by atoms with Gasteiger partial charge in [0.05, 0.1) is 11.9 Å². The Morgan fingerprint density at radius 1 is 1.19 bits per heavy atom. The largest absolute Gasteiger partial charge is 0.443 e. The van der Waals surface area contributed by atoms with E-state index in [4.69, 9.17) is 39.5 Å². The van der Waals surface area contributed by atoms with Crippen molar-refractivity contribution in [2.45, 2.75) is 26.4 Å². The number of ether oxygens (including phenoxy) is 1. The van der Waals surface area contributed by atoms with Crippen molar-refractivity contribution in [1.29, 1.82) is 0 Å². The van der Waals surface area contributed by atoms with Gasteiger partial charge < -0.3 is 4.74 Å². The normalized spacial score (nSPS) is 11.6. The Balaban J connectivity index is 2.23. The van der Waals surface area contributed by atoms with Crippen molar-refractivity contribution in [3.8, 4) is 0 Å². The topological polar surface area (TPSA) is 59.7 Å². The molecule has 0 radical (unpaired) electrons. The molecule has 0 atom stereocenters. The number of rotatable bonds is 2. The van der Waals surface area contributed by atoms with Gasteiger partial charge in [-0.25, -0.2) is 14.7 Å². The first-order valence-corrected chi connectivity index (χ1v) is 8.77. The third-order valence-corrected chi connectivity index (χ3v) is 3.95. The highest BCUT2D eigenvalue weighted by molar-refractivity contribution is 6.34. The average molecular weight is 414 g/mol. The average Bonchev–Trinajstić information content (AvgIpc) is 2.87. The zero-order chi connectivity index (χ0) is 19.1. The van der Waals surface area contributed by atoms with Crippen molar-refractivity contribution in [3.63, 3.8) is 0 Å². The van der Waals surface area contributed by atoms with Crippen molar-refractivity contribution in [1.82, 2.24) is 14.6 Å². The Labute approximate surface area is 165 Å². The number of benzene rings is 1. The van der Waals surface area contributed by atoms with E-state index in [-0.39, 0.29) is 5.15 Å². The number of aromatic nitrogens is 3. The third kappa shape index (κ3) is 3.87. The summed E-state index contributed by atoms with van der Waals surface area (Å²) in [5, 5.41) is 5.12. The van der Waals surface area contributed by atoms with Crippen LogP contribution in [0.15, 0.2) is 36.5 Å². The molecule has 6 nitrogen and oxygen atoms in total. The lowest BCUT2D eigenvalue weighted by molar-refractivity contribution is 0.0597. The van der Waals surface area contributed by atoms with Gasteiger partial charge in [-0.2, -0.15) is 9.61 Å². The molecule has 3 rings (SSSR count). The molecule has 9 heteroatoms. The maximum absolute atomic E-state index is 13.0. The lowest BCUT2D eigenvalue weighted by atomic mass is 10.2. The molecule has 1 aromatic carbocycles. The van der Waals surface area contributed by atoms with Crippen LogP contribution < -0.4 is 4.90 Å². The van der Waals surface area contributed by atoms with Crippen LogP contribution >= 0.6 is 34.8 Å². The molecule has 0 unspecified atom stereocenters. The lowest BCUT2D eigenvalue weighted by Crippen LogP contribution is -2.35. The number of nitrogens with zero attached hydrogens (tertiary/aromatic N) is 4. The molecule has 0 spiro atoms. The van der Waals surface area contributed by atoms with Gasteiger partial charge in [0.25, 0.3) is 0 Å². The van der Waals surface area contributed by atoms with Gasteiger partial charge in [-0.05, 0) is 39.0 Å². The van der Waals surface area contributed by atoms with Gasteiger partial charge in [0.15, 0.2) is 5.65 Å². The highest BCUT2D eigenvalue weighted by Crippen LogP contribution is 2.32. The van der Waals surface area contributed by atoms with Crippen LogP contribution in [0.3, 0.4) is 0 Å². The van der Waals surface area contributed by atoms with Gasteiger partial charge in [0.2, 0.25) is 0 Å². The monoisotopic (exact) mass is 412 g/mol. The van der Waals surface area contributed by atoms with Crippen LogP contribution in [-0.2, 0) is 4.74 Å². The fourth-order valence-electron chi connectivity index (χ4n) is 2.30. The quantitative estimate of drug-likeness (QED) is 0.501. The van der Waals surface area contributed by atoms with E-state index in [1.807, 2.05) is 0 Å². The standard InChI is InChI=1S/C17H15Cl3N4O2/c1-17(2,3)26-16(25)23(11-6-4-5-10(18)7-11)14-8-13(20)22-15-12(19)9-21-24(14)15/h4-9H,1-3H3. The predicted molar refractivity (Wildman–Crippen MR) is 103 cm³/mol. The van der Waals surface area contributed by atoms with Crippen molar-refractivity contribution in [3.05, 3.63) is 51.7 Å². The maximum Gasteiger partial charge on any atom is 0.420 e. The molecule has 0 N–H and O–H groups in total. The van der Waals surface area contributed by atoms with Gasteiger partial charge in [-0.15, -0.1) is 0 Å². The molecule has 2 heterocycles. The minimum absolute atomic E-state index is 0.158. The highest BCUT2D eigenvalue weighted by Gasteiger charge is 2.28. The van der Waals surface area contributed by atoms with E-state index in [9.17, 15) is 4.79 Å². The molecule has 1 amide bonds. The molecule has 2 aromatic heterocycles. The number of hydrogen-bond donors (Lipinski definition) is 0. The van der Waals surface area contributed by atoms with Crippen molar-refractivity contribution in [2.24, 2.45) is 0 Å². The Morgan fingerprint density at radius 3 is 2.58 bits per heavy atom. The van der Waals surface area contributed by atoms with E-state index in [1.165, 1.54) is 21.7 Å². The molecule has 0 bridgehead atoms.